The molecule has 1 aliphatic rings. The first-order chi connectivity index (χ1) is 7.16. The molecule has 86 valence electrons. The molecule has 3 nitrogen and oxygen atoms in total. The zero-order chi connectivity index (χ0) is 11.3. The molecule has 1 fully saturated rings. The van der Waals surface area contributed by atoms with Gasteiger partial charge in [0.1, 0.15) is 0 Å². The summed E-state index contributed by atoms with van der Waals surface area (Å²) in [5, 5.41) is 18.0. The number of ether oxygens (including phenoxy) is 1. The molecule has 15 heavy (non-hydrogen) atoms. The van der Waals surface area contributed by atoms with Crippen LogP contribution in [0.5, 0.6) is 0 Å². The van der Waals surface area contributed by atoms with Crippen molar-refractivity contribution in [1.29, 1.82) is 5.26 Å². The first kappa shape index (κ1) is 12.5. The summed E-state index contributed by atoms with van der Waals surface area (Å²) in [6.07, 6.45) is 3.71. The van der Waals surface area contributed by atoms with Gasteiger partial charge in [0.15, 0.2) is 5.60 Å². The molecular formula is C12H21NO2. The summed E-state index contributed by atoms with van der Waals surface area (Å²) < 4.78 is 5.72. The third kappa shape index (κ3) is 2.70. The summed E-state index contributed by atoms with van der Waals surface area (Å²) in [7, 11) is 0. The van der Waals surface area contributed by atoms with Gasteiger partial charge in [-0.2, -0.15) is 5.26 Å². The first-order valence-electron chi connectivity index (χ1n) is 5.82. The van der Waals surface area contributed by atoms with E-state index in [0.29, 0.717) is 18.9 Å². The highest BCUT2D eigenvalue weighted by Gasteiger charge is 2.42. The third-order valence-electron chi connectivity index (χ3n) is 3.65. The zero-order valence-electron chi connectivity index (χ0n) is 9.70. The fraction of sp³-hybridized carbons (Fsp3) is 0.917. The first-order valence-corrected chi connectivity index (χ1v) is 5.82. The minimum atomic E-state index is -0.604. The lowest BCUT2D eigenvalue weighted by molar-refractivity contribution is -0.0808. The van der Waals surface area contributed by atoms with Crippen molar-refractivity contribution >= 4 is 0 Å². The van der Waals surface area contributed by atoms with Crippen molar-refractivity contribution in [3.05, 3.63) is 0 Å². The molecule has 0 aromatic carbocycles. The highest BCUT2D eigenvalue weighted by Crippen LogP contribution is 2.39. The molecule has 1 aliphatic carbocycles. The molecule has 0 aromatic rings. The Morgan fingerprint density at radius 1 is 1.53 bits per heavy atom. The molecule has 0 bridgehead atoms. The van der Waals surface area contributed by atoms with Gasteiger partial charge in [-0.05, 0) is 25.2 Å². The lowest BCUT2D eigenvalue weighted by Crippen LogP contribution is -2.44. The van der Waals surface area contributed by atoms with Gasteiger partial charge in [0.2, 0.25) is 0 Å². The minimum absolute atomic E-state index is 0.130. The minimum Gasteiger partial charge on any atom is -0.396 e. The van der Waals surface area contributed by atoms with Crippen LogP contribution in [0.2, 0.25) is 0 Å². The third-order valence-corrected chi connectivity index (χ3v) is 3.65. The molecule has 0 amide bonds. The van der Waals surface area contributed by atoms with Crippen molar-refractivity contribution in [2.24, 2.45) is 11.8 Å². The second-order valence-corrected chi connectivity index (χ2v) is 4.59. The van der Waals surface area contributed by atoms with E-state index in [9.17, 15) is 5.26 Å². The van der Waals surface area contributed by atoms with Gasteiger partial charge in [0.25, 0.3) is 0 Å². The highest BCUT2D eigenvalue weighted by molar-refractivity contribution is 5.08. The molecule has 3 heteroatoms. The van der Waals surface area contributed by atoms with E-state index in [1.165, 1.54) is 6.42 Å². The molecule has 1 rings (SSSR count). The summed E-state index contributed by atoms with van der Waals surface area (Å²) in [6.45, 7) is 4.91. The maximum absolute atomic E-state index is 9.29. The van der Waals surface area contributed by atoms with Crippen molar-refractivity contribution in [2.75, 3.05) is 13.2 Å². The normalized spacial score (nSPS) is 36.1. The molecule has 0 radical (unpaired) electrons. The van der Waals surface area contributed by atoms with Crippen LogP contribution in [-0.2, 0) is 4.74 Å². The van der Waals surface area contributed by atoms with Crippen LogP contribution in [0.3, 0.4) is 0 Å². The summed E-state index contributed by atoms with van der Waals surface area (Å²) in [5.41, 5.74) is -0.604. The Hall–Kier alpha value is -0.590. The second kappa shape index (κ2) is 5.48. The van der Waals surface area contributed by atoms with Crippen LogP contribution in [-0.4, -0.2) is 23.9 Å². The number of aliphatic hydroxyl groups excluding tert-OH is 1. The average molecular weight is 211 g/mol. The molecule has 0 aromatic heterocycles. The molecule has 1 N–H and O–H groups in total. The lowest BCUT2D eigenvalue weighted by atomic mass is 9.71. The molecule has 0 aliphatic heterocycles. The summed E-state index contributed by atoms with van der Waals surface area (Å²) in [6, 6.07) is 2.35. The Kier molecular flexibility index (Phi) is 4.56. The smallest absolute Gasteiger partial charge is 0.156 e. The van der Waals surface area contributed by atoms with Crippen LogP contribution in [0.1, 0.15) is 39.5 Å². The van der Waals surface area contributed by atoms with Gasteiger partial charge < -0.3 is 9.84 Å². The van der Waals surface area contributed by atoms with Crippen LogP contribution in [0.4, 0.5) is 0 Å². The van der Waals surface area contributed by atoms with E-state index in [4.69, 9.17) is 9.84 Å². The van der Waals surface area contributed by atoms with Gasteiger partial charge in [-0.25, -0.2) is 0 Å². The van der Waals surface area contributed by atoms with E-state index >= 15 is 0 Å². The van der Waals surface area contributed by atoms with Crippen LogP contribution in [0, 0.1) is 23.2 Å². The Morgan fingerprint density at radius 2 is 2.27 bits per heavy atom. The van der Waals surface area contributed by atoms with E-state index < -0.39 is 5.60 Å². The van der Waals surface area contributed by atoms with Crippen molar-refractivity contribution in [3.8, 4) is 6.07 Å². The largest absolute Gasteiger partial charge is 0.396 e. The van der Waals surface area contributed by atoms with E-state index in [0.717, 1.165) is 12.8 Å². The predicted octanol–water partition coefficient (Wildman–Crippen LogP) is 2.10. The second-order valence-electron chi connectivity index (χ2n) is 4.59. The summed E-state index contributed by atoms with van der Waals surface area (Å²) >= 11 is 0. The predicted molar refractivity (Wildman–Crippen MR) is 58.2 cm³/mol. The molecule has 3 unspecified atom stereocenters. The molecular weight excluding hydrogens is 190 g/mol. The summed E-state index contributed by atoms with van der Waals surface area (Å²) in [5.74, 6) is 0.836. The fourth-order valence-electron chi connectivity index (χ4n) is 2.34. The van der Waals surface area contributed by atoms with Gasteiger partial charge >= 0.3 is 0 Å². The van der Waals surface area contributed by atoms with Crippen molar-refractivity contribution < 1.29 is 9.84 Å². The van der Waals surface area contributed by atoms with Gasteiger partial charge in [-0.3, -0.25) is 0 Å². The van der Waals surface area contributed by atoms with Crippen LogP contribution < -0.4 is 0 Å². The molecule has 0 heterocycles. The van der Waals surface area contributed by atoms with E-state index in [1.54, 1.807) is 0 Å². The van der Waals surface area contributed by atoms with Gasteiger partial charge in [-0.1, -0.05) is 20.3 Å². The topological polar surface area (TPSA) is 53.2 Å². The quantitative estimate of drug-likeness (QED) is 0.724. The Morgan fingerprint density at radius 3 is 2.87 bits per heavy atom. The lowest BCUT2D eigenvalue weighted by Gasteiger charge is -2.40. The van der Waals surface area contributed by atoms with Gasteiger partial charge in [0, 0.05) is 12.5 Å². The fourth-order valence-corrected chi connectivity index (χ4v) is 2.34. The zero-order valence-corrected chi connectivity index (χ0v) is 9.70. The number of hydrogen-bond acceptors (Lipinski definition) is 3. The number of hydrogen-bond donors (Lipinski definition) is 1. The molecule has 3 atom stereocenters. The number of nitrogens with zero attached hydrogens (tertiary/aromatic N) is 1. The SMILES string of the molecule is CC1CCCC(C#N)(OCCCO)C1C. The summed E-state index contributed by atoms with van der Waals surface area (Å²) in [4.78, 5) is 0. The van der Waals surface area contributed by atoms with Crippen molar-refractivity contribution in [1.82, 2.24) is 0 Å². The monoisotopic (exact) mass is 211 g/mol. The van der Waals surface area contributed by atoms with Crippen molar-refractivity contribution in [3.63, 3.8) is 0 Å². The van der Waals surface area contributed by atoms with E-state index in [2.05, 4.69) is 19.9 Å². The molecule has 0 spiro atoms. The average Bonchev–Trinajstić information content (AvgIpc) is 2.25. The number of rotatable bonds is 4. The highest BCUT2D eigenvalue weighted by atomic mass is 16.5. The van der Waals surface area contributed by atoms with E-state index in [1.807, 2.05) is 0 Å². The number of aliphatic hydroxyl groups is 1. The van der Waals surface area contributed by atoms with Crippen LogP contribution in [0.25, 0.3) is 0 Å². The van der Waals surface area contributed by atoms with Crippen LogP contribution in [0.15, 0.2) is 0 Å². The Balaban J connectivity index is 2.61. The van der Waals surface area contributed by atoms with Crippen LogP contribution >= 0.6 is 0 Å². The maximum atomic E-state index is 9.29. The Labute approximate surface area is 92.0 Å². The molecule has 0 saturated heterocycles. The van der Waals surface area contributed by atoms with E-state index in [-0.39, 0.29) is 12.5 Å². The van der Waals surface area contributed by atoms with Gasteiger partial charge in [0.05, 0.1) is 12.7 Å². The standard InChI is InChI=1S/C12H21NO2/c1-10-5-3-6-12(9-13,11(10)2)15-8-4-7-14/h10-11,14H,3-8H2,1-2H3. The maximum Gasteiger partial charge on any atom is 0.156 e. The number of nitriles is 1. The molecule has 1 saturated carbocycles. The van der Waals surface area contributed by atoms with Crippen molar-refractivity contribution in [2.45, 2.75) is 45.1 Å². The van der Waals surface area contributed by atoms with Gasteiger partial charge in [-0.15, -0.1) is 0 Å². The Bertz CT molecular complexity index is 236.